The molecule has 0 spiro atoms. The predicted octanol–water partition coefficient (Wildman–Crippen LogP) is -0.537. The van der Waals surface area contributed by atoms with E-state index in [0.717, 1.165) is 12.8 Å². The van der Waals surface area contributed by atoms with Crippen molar-refractivity contribution in [1.82, 2.24) is 20.4 Å². The van der Waals surface area contributed by atoms with Crippen molar-refractivity contribution in [3.63, 3.8) is 0 Å². The normalized spacial score (nSPS) is 26.8. The fourth-order valence-electron chi connectivity index (χ4n) is 3.10. The molecule has 1 amide bonds. The number of aromatic amines is 1. The van der Waals surface area contributed by atoms with Gasteiger partial charge < -0.3 is 25.6 Å². The van der Waals surface area contributed by atoms with Crippen LogP contribution in [-0.4, -0.2) is 76.0 Å². The van der Waals surface area contributed by atoms with Crippen LogP contribution in [0.25, 0.3) is 0 Å². The van der Waals surface area contributed by atoms with Gasteiger partial charge >= 0.3 is 0 Å². The van der Waals surface area contributed by atoms with Crippen LogP contribution in [-0.2, 0) is 4.74 Å². The number of aromatic nitrogens is 2. The Morgan fingerprint density at radius 1 is 1.33 bits per heavy atom. The molecule has 0 bridgehead atoms. The highest BCUT2D eigenvalue weighted by atomic mass is 16.5. The van der Waals surface area contributed by atoms with E-state index in [1.54, 1.807) is 0 Å². The lowest BCUT2D eigenvalue weighted by atomic mass is 9.93. The summed E-state index contributed by atoms with van der Waals surface area (Å²) in [4.78, 5) is 14.3. The molecule has 134 valence electrons. The Morgan fingerprint density at radius 2 is 2.04 bits per heavy atom. The van der Waals surface area contributed by atoms with Gasteiger partial charge in [-0.15, -0.1) is 0 Å². The fourth-order valence-corrected chi connectivity index (χ4v) is 3.10. The first-order valence-corrected chi connectivity index (χ1v) is 8.42. The van der Waals surface area contributed by atoms with Crippen LogP contribution < -0.4 is 10.6 Å². The van der Waals surface area contributed by atoms with Gasteiger partial charge in [0.05, 0.1) is 31.2 Å². The molecule has 2 heterocycles. The van der Waals surface area contributed by atoms with Gasteiger partial charge in [0.15, 0.2) is 6.35 Å². The summed E-state index contributed by atoms with van der Waals surface area (Å²) in [6.45, 7) is 2.39. The number of morpholine rings is 1. The van der Waals surface area contributed by atoms with Gasteiger partial charge in [-0.25, -0.2) is 0 Å². The molecule has 1 unspecified atom stereocenters. The monoisotopic (exact) mass is 339 g/mol. The van der Waals surface area contributed by atoms with Gasteiger partial charge in [-0.2, -0.15) is 5.10 Å². The van der Waals surface area contributed by atoms with Crippen LogP contribution in [0.4, 0.5) is 5.69 Å². The summed E-state index contributed by atoms with van der Waals surface area (Å²) in [5, 5.41) is 32.3. The second-order valence-electron chi connectivity index (χ2n) is 6.30. The summed E-state index contributed by atoms with van der Waals surface area (Å²) in [5.41, 5.74) is 0.760. The Morgan fingerprint density at radius 3 is 2.75 bits per heavy atom. The second kappa shape index (κ2) is 7.93. The maximum Gasteiger partial charge on any atom is 0.271 e. The molecule has 3 rings (SSSR count). The van der Waals surface area contributed by atoms with Gasteiger partial charge in [-0.1, -0.05) is 0 Å². The summed E-state index contributed by atoms with van der Waals surface area (Å²) < 4.78 is 5.26. The quantitative estimate of drug-likeness (QED) is 0.457. The van der Waals surface area contributed by atoms with Crippen LogP contribution in [0.2, 0.25) is 0 Å². The van der Waals surface area contributed by atoms with E-state index < -0.39 is 6.35 Å². The average Bonchev–Trinajstić information content (AvgIpc) is 3.06. The van der Waals surface area contributed by atoms with Gasteiger partial charge in [0.1, 0.15) is 5.69 Å². The van der Waals surface area contributed by atoms with Gasteiger partial charge in [-0.3, -0.25) is 14.8 Å². The van der Waals surface area contributed by atoms with Gasteiger partial charge in [0.2, 0.25) is 0 Å². The van der Waals surface area contributed by atoms with Crippen LogP contribution >= 0.6 is 0 Å². The molecule has 9 heteroatoms. The molecule has 2 aliphatic rings. The van der Waals surface area contributed by atoms with Crippen LogP contribution in [0.3, 0.4) is 0 Å². The standard InChI is InChI=1S/C15H25N5O4/c21-11-3-1-10(2-4-11)17-14(22)13-12(9-16-19-13)18-15(23)20-5-7-24-8-6-20/h9-11,15,18,21,23H,1-8H2,(H,16,19)(H,17,22). The Kier molecular flexibility index (Phi) is 5.67. The number of H-pyrrole nitrogens is 1. The lowest BCUT2D eigenvalue weighted by molar-refractivity contribution is -0.0446. The van der Waals surface area contributed by atoms with E-state index in [1.807, 2.05) is 4.90 Å². The summed E-state index contributed by atoms with van der Waals surface area (Å²) in [6.07, 6.45) is 3.27. The minimum Gasteiger partial charge on any atom is -0.393 e. The summed E-state index contributed by atoms with van der Waals surface area (Å²) in [7, 11) is 0. The number of ether oxygens (including phenoxy) is 1. The number of amides is 1. The zero-order valence-corrected chi connectivity index (χ0v) is 13.6. The molecule has 1 saturated carbocycles. The molecule has 1 aliphatic carbocycles. The summed E-state index contributed by atoms with van der Waals surface area (Å²) >= 11 is 0. The third-order valence-corrected chi connectivity index (χ3v) is 4.57. The maximum absolute atomic E-state index is 12.4. The number of nitrogens with one attached hydrogen (secondary N) is 3. The van der Waals surface area contributed by atoms with Crippen LogP contribution in [0.15, 0.2) is 6.20 Å². The molecule has 1 atom stereocenters. The molecular weight excluding hydrogens is 314 g/mol. The van der Waals surface area contributed by atoms with Crippen LogP contribution in [0.5, 0.6) is 0 Å². The number of carbonyl (C=O) groups excluding carboxylic acids is 1. The molecule has 9 nitrogen and oxygen atoms in total. The lowest BCUT2D eigenvalue weighted by Gasteiger charge is -2.31. The molecule has 5 N–H and O–H groups in total. The number of aliphatic hydroxyl groups is 2. The number of nitrogens with zero attached hydrogens (tertiary/aromatic N) is 2. The van der Waals surface area contributed by atoms with E-state index in [2.05, 4.69) is 20.8 Å². The highest BCUT2D eigenvalue weighted by molar-refractivity contribution is 5.97. The van der Waals surface area contributed by atoms with Crippen molar-refractivity contribution < 1.29 is 19.7 Å². The maximum atomic E-state index is 12.4. The Bertz CT molecular complexity index is 538. The molecule has 1 saturated heterocycles. The van der Waals surface area contributed by atoms with E-state index in [4.69, 9.17) is 4.74 Å². The Balaban J connectivity index is 1.56. The van der Waals surface area contributed by atoms with Crippen molar-refractivity contribution in [2.45, 2.75) is 44.2 Å². The molecule has 1 aliphatic heterocycles. The highest BCUT2D eigenvalue weighted by Gasteiger charge is 2.25. The zero-order valence-electron chi connectivity index (χ0n) is 13.6. The zero-order chi connectivity index (χ0) is 16.9. The molecule has 2 fully saturated rings. The van der Waals surface area contributed by atoms with Gasteiger partial charge in [-0.05, 0) is 25.7 Å². The molecule has 0 aromatic carbocycles. The average molecular weight is 339 g/mol. The third kappa shape index (κ3) is 4.23. The molecule has 24 heavy (non-hydrogen) atoms. The number of rotatable bonds is 5. The Hall–Kier alpha value is -1.68. The van der Waals surface area contributed by atoms with E-state index in [9.17, 15) is 15.0 Å². The highest BCUT2D eigenvalue weighted by Crippen LogP contribution is 2.20. The number of aliphatic hydroxyl groups excluding tert-OH is 2. The van der Waals surface area contributed by atoms with E-state index >= 15 is 0 Å². The van der Waals surface area contributed by atoms with Crippen molar-refractivity contribution in [2.24, 2.45) is 0 Å². The van der Waals surface area contributed by atoms with Gasteiger partial charge in [0.25, 0.3) is 5.91 Å². The van der Waals surface area contributed by atoms with Crippen LogP contribution in [0, 0.1) is 0 Å². The van der Waals surface area contributed by atoms with E-state index in [0.29, 0.717) is 50.5 Å². The number of hydrogen-bond acceptors (Lipinski definition) is 7. The lowest BCUT2D eigenvalue weighted by Crippen LogP contribution is -2.47. The second-order valence-corrected chi connectivity index (χ2v) is 6.30. The SMILES string of the molecule is O=C(NC1CCC(O)CC1)c1[nH]ncc1NC(O)N1CCOCC1. The minimum atomic E-state index is -0.900. The van der Waals surface area contributed by atoms with Gasteiger partial charge in [0, 0.05) is 19.1 Å². The molecular formula is C15H25N5O4. The summed E-state index contributed by atoms with van der Waals surface area (Å²) in [6, 6.07) is 0.0567. The van der Waals surface area contributed by atoms with Crippen LogP contribution in [0.1, 0.15) is 36.2 Å². The first-order valence-electron chi connectivity index (χ1n) is 8.42. The topological polar surface area (TPSA) is 123 Å². The van der Waals surface area contributed by atoms with E-state index in [1.165, 1.54) is 6.20 Å². The predicted molar refractivity (Wildman–Crippen MR) is 86.3 cm³/mol. The first kappa shape index (κ1) is 17.2. The minimum absolute atomic E-state index is 0.0567. The number of anilines is 1. The molecule has 1 aromatic rings. The van der Waals surface area contributed by atoms with Crippen molar-refractivity contribution in [3.05, 3.63) is 11.9 Å². The van der Waals surface area contributed by atoms with E-state index in [-0.39, 0.29) is 18.1 Å². The van der Waals surface area contributed by atoms with Crippen molar-refractivity contribution >= 4 is 11.6 Å². The Labute approximate surface area is 140 Å². The molecule has 0 radical (unpaired) electrons. The first-order chi connectivity index (χ1) is 11.6. The largest absolute Gasteiger partial charge is 0.393 e. The molecule has 1 aromatic heterocycles. The number of hydrogen-bond donors (Lipinski definition) is 5. The fraction of sp³-hybridized carbons (Fsp3) is 0.733. The van der Waals surface area contributed by atoms with Crippen molar-refractivity contribution in [3.8, 4) is 0 Å². The van der Waals surface area contributed by atoms with Crippen molar-refractivity contribution in [2.75, 3.05) is 31.6 Å². The summed E-state index contributed by atoms with van der Waals surface area (Å²) in [5.74, 6) is -0.259. The third-order valence-electron chi connectivity index (χ3n) is 4.57. The number of carbonyl (C=O) groups is 1. The smallest absolute Gasteiger partial charge is 0.271 e. The van der Waals surface area contributed by atoms with Crippen molar-refractivity contribution in [1.29, 1.82) is 0 Å².